The first-order valence-electron chi connectivity index (χ1n) is 7.49. The van der Waals surface area contributed by atoms with E-state index in [1.165, 1.54) is 0 Å². The number of nitrogen functional groups attached to an aromatic ring is 1. The number of carbonyl (C=O) groups is 2. The van der Waals surface area contributed by atoms with Crippen LogP contribution in [0.1, 0.15) is 39.1 Å². The fourth-order valence-corrected chi connectivity index (χ4v) is 2.43. The zero-order chi connectivity index (χ0) is 17.3. The highest BCUT2D eigenvalue weighted by Gasteiger charge is 2.23. The molecule has 0 saturated carbocycles. The van der Waals surface area contributed by atoms with Crippen molar-refractivity contribution in [3.05, 3.63) is 59.0 Å². The first kappa shape index (κ1) is 15.7. The molecule has 24 heavy (non-hydrogen) atoms. The van der Waals surface area contributed by atoms with Crippen molar-refractivity contribution in [1.82, 2.24) is 4.98 Å². The Morgan fingerprint density at radius 2 is 1.96 bits per heavy atom. The maximum absolute atomic E-state index is 12.5. The van der Waals surface area contributed by atoms with Crippen molar-refractivity contribution in [3.8, 4) is 0 Å². The van der Waals surface area contributed by atoms with Gasteiger partial charge in [-0.15, -0.1) is 0 Å². The number of carbonyl (C=O) groups excluding carboxylic acids is 2. The van der Waals surface area contributed by atoms with E-state index in [9.17, 15) is 9.59 Å². The number of hydrogen-bond acceptors (Lipinski definition) is 6. The predicted octanol–water partition coefficient (Wildman–Crippen LogP) is 3.13. The number of benzene rings is 1. The molecule has 0 radical (unpaired) electrons. The van der Waals surface area contributed by atoms with E-state index in [4.69, 9.17) is 14.9 Å². The number of aromatic nitrogens is 1. The van der Waals surface area contributed by atoms with Crippen LogP contribution in [0.25, 0.3) is 11.1 Å². The molecule has 0 aliphatic heterocycles. The second-order valence-corrected chi connectivity index (χ2v) is 5.23. The van der Waals surface area contributed by atoms with Gasteiger partial charge >= 0.3 is 5.97 Å². The lowest BCUT2D eigenvalue weighted by Gasteiger charge is -2.04. The minimum Gasteiger partial charge on any atom is -0.462 e. The van der Waals surface area contributed by atoms with Crippen molar-refractivity contribution in [3.63, 3.8) is 0 Å². The van der Waals surface area contributed by atoms with E-state index in [-0.39, 0.29) is 29.6 Å². The number of ether oxygens (including phenoxy) is 1. The molecule has 0 saturated heterocycles. The molecular formula is C18H16N2O4. The number of ketones is 1. The second-order valence-electron chi connectivity index (χ2n) is 5.23. The number of furan rings is 1. The molecule has 3 aromatic rings. The molecule has 0 spiro atoms. The Morgan fingerprint density at radius 1 is 1.25 bits per heavy atom. The summed E-state index contributed by atoms with van der Waals surface area (Å²) in [7, 11) is 0. The quantitative estimate of drug-likeness (QED) is 0.585. The molecule has 3 rings (SSSR count). The third-order valence-corrected chi connectivity index (χ3v) is 3.65. The van der Waals surface area contributed by atoms with Crippen molar-refractivity contribution >= 4 is 28.5 Å². The zero-order valence-electron chi connectivity index (χ0n) is 13.3. The summed E-state index contributed by atoms with van der Waals surface area (Å²) in [5, 5.41) is 0.419. The van der Waals surface area contributed by atoms with Gasteiger partial charge in [0.15, 0.2) is 0 Å². The summed E-state index contributed by atoms with van der Waals surface area (Å²) < 4.78 is 10.6. The molecule has 2 aromatic heterocycles. The summed E-state index contributed by atoms with van der Waals surface area (Å²) in [4.78, 5) is 28.8. The van der Waals surface area contributed by atoms with Crippen molar-refractivity contribution in [2.75, 3.05) is 12.3 Å². The lowest BCUT2D eigenvalue weighted by molar-refractivity contribution is 0.0525. The van der Waals surface area contributed by atoms with Crippen molar-refractivity contribution in [2.45, 2.75) is 13.8 Å². The highest BCUT2D eigenvalue weighted by atomic mass is 16.5. The molecule has 2 N–H and O–H groups in total. The smallest absolute Gasteiger partial charge is 0.339 e. The molecule has 6 nitrogen and oxygen atoms in total. The van der Waals surface area contributed by atoms with E-state index in [1.54, 1.807) is 44.2 Å². The first-order valence-corrected chi connectivity index (χ1v) is 7.49. The van der Waals surface area contributed by atoms with Gasteiger partial charge in [0.25, 0.3) is 0 Å². The Bertz CT molecular complexity index is 929. The van der Waals surface area contributed by atoms with E-state index in [1.807, 2.05) is 6.07 Å². The van der Waals surface area contributed by atoms with E-state index < -0.39 is 5.97 Å². The molecule has 0 atom stereocenters. The maximum Gasteiger partial charge on any atom is 0.339 e. The van der Waals surface area contributed by atoms with E-state index >= 15 is 0 Å². The number of esters is 1. The number of nitrogens with zero attached hydrogens (tertiary/aromatic N) is 1. The van der Waals surface area contributed by atoms with Crippen LogP contribution in [0.3, 0.4) is 0 Å². The van der Waals surface area contributed by atoms with Crippen LogP contribution < -0.4 is 5.73 Å². The molecule has 0 unspecified atom stereocenters. The monoisotopic (exact) mass is 324 g/mol. The van der Waals surface area contributed by atoms with Gasteiger partial charge in [0.05, 0.1) is 28.9 Å². The summed E-state index contributed by atoms with van der Waals surface area (Å²) in [6, 6.07) is 10.2. The lowest BCUT2D eigenvalue weighted by Crippen LogP contribution is -2.07. The number of fused-ring (bicyclic) bond motifs is 1. The second kappa shape index (κ2) is 6.16. The average molecular weight is 324 g/mol. The molecule has 122 valence electrons. The zero-order valence-corrected chi connectivity index (χ0v) is 13.3. The molecule has 0 amide bonds. The van der Waals surface area contributed by atoms with Crippen LogP contribution in [0.2, 0.25) is 0 Å². The lowest BCUT2D eigenvalue weighted by atomic mass is 10.1. The van der Waals surface area contributed by atoms with Gasteiger partial charge in [0.2, 0.25) is 17.3 Å². The number of rotatable bonds is 4. The topological polar surface area (TPSA) is 95.4 Å². The number of aryl methyl sites for hydroxylation is 1. The van der Waals surface area contributed by atoms with Crippen LogP contribution in [0, 0.1) is 6.92 Å². The molecule has 2 heterocycles. The van der Waals surface area contributed by atoms with Gasteiger partial charge in [0.1, 0.15) is 0 Å². The van der Waals surface area contributed by atoms with E-state index in [0.29, 0.717) is 22.2 Å². The van der Waals surface area contributed by atoms with Crippen molar-refractivity contribution in [1.29, 1.82) is 0 Å². The average Bonchev–Trinajstić information content (AvgIpc) is 2.90. The third-order valence-electron chi connectivity index (χ3n) is 3.65. The normalized spacial score (nSPS) is 10.8. The highest BCUT2D eigenvalue weighted by Crippen LogP contribution is 2.30. The van der Waals surface area contributed by atoms with Crippen LogP contribution >= 0.6 is 0 Å². The Hall–Kier alpha value is -3.15. The summed E-state index contributed by atoms with van der Waals surface area (Å²) in [5.74, 6) is -0.800. The van der Waals surface area contributed by atoms with E-state index in [0.717, 1.165) is 0 Å². The minimum absolute atomic E-state index is 0.0177. The molecule has 0 aliphatic carbocycles. The Balaban J connectivity index is 2.11. The van der Waals surface area contributed by atoms with Crippen LogP contribution in [0.15, 0.2) is 40.8 Å². The van der Waals surface area contributed by atoms with Crippen LogP contribution in [0.4, 0.5) is 5.69 Å². The SMILES string of the molecule is CCOC(=O)c1cc2c(N)c(C(=O)c3ccccc3)oc2nc1C. The van der Waals surface area contributed by atoms with Crippen LogP contribution in [-0.4, -0.2) is 23.3 Å². The summed E-state index contributed by atoms with van der Waals surface area (Å²) in [6.07, 6.45) is 0. The molecule has 1 aromatic carbocycles. The van der Waals surface area contributed by atoms with Gasteiger partial charge in [-0.2, -0.15) is 0 Å². The molecular weight excluding hydrogens is 308 g/mol. The van der Waals surface area contributed by atoms with Gasteiger partial charge < -0.3 is 14.9 Å². The number of hydrogen-bond donors (Lipinski definition) is 1. The molecule has 0 bridgehead atoms. The van der Waals surface area contributed by atoms with Gasteiger partial charge in [-0.3, -0.25) is 4.79 Å². The largest absolute Gasteiger partial charge is 0.462 e. The Labute approximate surface area is 138 Å². The van der Waals surface area contributed by atoms with Crippen LogP contribution in [0.5, 0.6) is 0 Å². The maximum atomic E-state index is 12.5. The van der Waals surface area contributed by atoms with Gasteiger partial charge in [-0.1, -0.05) is 30.3 Å². The van der Waals surface area contributed by atoms with Gasteiger partial charge in [-0.05, 0) is 19.9 Å². The number of nitrogens with two attached hydrogens (primary N) is 1. The Morgan fingerprint density at radius 3 is 2.62 bits per heavy atom. The van der Waals surface area contributed by atoms with Gasteiger partial charge in [0, 0.05) is 5.56 Å². The number of anilines is 1. The standard InChI is InChI=1S/C18H16N2O4/c1-3-23-18(22)12-9-13-14(19)16(24-17(13)20-10(12)2)15(21)11-7-5-4-6-8-11/h4-9H,3,19H2,1-2H3. The van der Waals surface area contributed by atoms with E-state index in [2.05, 4.69) is 4.98 Å². The fraction of sp³-hybridized carbons (Fsp3) is 0.167. The summed E-state index contributed by atoms with van der Waals surface area (Å²) in [6.45, 7) is 3.65. The molecule has 0 aliphatic rings. The van der Waals surface area contributed by atoms with Crippen molar-refractivity contribution in [2.24, 2.45) is 0 Å². The summed E-state index contributed by atoms with van der Waals surface area (Å²) >= 11 is 0. The van der Waals surface area contributed by atoms with Gasteiger partial charge in [-0.25, -0.2) is 9.78 Å². The Kier molecular flexibility index (Phi) is 4.04. The molecule has 0 fully saturated rings. The number of pyridine rings is 1. The molecule has 6 heteroatoms. The first-order chi connectivity index (χ1) is 11.5. The fourth-order valence-electron chi connectivity index (χ4n) is 2.43. The summed E-state index contributed by atoms with van der Waals surface area (Å²) in [5.41, 5.74) is 7.66. The predicted molar refractivity (Wildman–Crippen MR) is 89.0 cm³/mol. The minimum atomic E-state index is -0.485. The van der Waals surface area contributed by atoms with Crippen molar-refractivity contribution < 1.29 is 18.7 Å². The van der Waals surface area contributed by atoms with Crippen LogP contribution in [-0.2, 0) is 4.74 Å². The third kappa shape index (κ3) is 2.62. The highest BCUT2D eigenvalue weighted by molar-refractivity contribution is 6.14.